The van der Waals surface area contributed by atoms with Crippen molar-refractivity contribution >= 4 is 17.5 Å². The van der Waals surface area contributed by atoms with Crippen LogP contribution in [-0.4, -0.2) is 40.0 Å². The third-order valence-corrected chi connectivity index (χ3v) is 3.77. The van der Waals surface area contributed by atoms with Crippen molar-refractivity contribution in [3.8, 4) is 0 Å². The molecule has 0 unspecified atom stereocenters. The average Bonchev–Trinajstić information content (AvgIpc) is 2.80. The number of likely N-dealkylation sites (tertiary alicyclic amines) is 1. The highest BCUT2D eigenvalue weighted by Gasteiger charge is 2.29. The van der Waals surface area contributed by atoms with Crippen LogP contribution < -0.4 is 11.5 Å². The Morgan fingerprint density at radius 1 is 1.40 bits per heavy atom. The molecule has 110 valence electrons. The maximum Gasteiger partial charge on any atom is 0.276 e. The molecule has 1 aromatic heterocycles. The van der Waals surface area contributed by atoms with Crippen LogP contribution in [0.2, 0.25) is 0 Å². The zero-order valence-corrected chi connectivity index (χ0v) is 11.7. The first-order valence-corrected chi connectivity index (χ1v) is 6.95. The number of hydrogen-bond acceptors (Lipinski definition) is 4. The van der Waals surface area contributed by atoms with Gasteiger partial charge in [-0.05, 0) is 19.3 Å². The van der Waals surface area contributed by atoms with E-state index in [-0.39, 0.29) is 23.4 Å². The molecule has 1 fully saturated rings. The van der Waals surface area contributed by atoms with E-state index >= 15 is 0 Å². The van der Waals surface area contributed by atoms with Crippen LogP contribution in [0.25, 0.3) is 0 Å². The van der Waals surface area contributed by atoms with Gasteiger partial charge in [-0.2, -0.15) is 5.10 Å². The first-order chi connectivity index (χ1) is 9.54. The Bertz CT molecular complexity index is 503. The predicted molar refractivity (Wildman–Crippen MR) is 74.8 cm³/mol. The van der Waals surface area contributed by atoms with Crippen LogP contribution in [0.1, 0.15) is 42.4 Å². The van der Waals surface area contributed by atoms with Gasteiger partial charge in [0.2, 0.25) is 5.91 Å². The summed E-state index contributed by atoms with van der Waals surface area (Å²) in [5, 5.41) is 6.86. The number of rotatable bonds is 4. The summed E-state index contributed by atoms with van der Waals surface area (Å²) >= 11 is 0. The van der Waals surface area contributed by atoms with Crippen LogP contribution in [0, 0.1) is 5.92 Å². The minimum Gasteiger partial charge on any atom is -0.395 e. The number of nitrogens with one attached hydrogen (secondary N) is 1. The van der Waals surface area contributed by atoms with Crippen molar-refractivity contribution in [2.75, 3.05) is 18.8 Å². The summed E-state index contributed by atoms with van der Waals surface area (Å²) in [5.41, 5.74) is 12.8. The molecule has 1 saturated heterocycles. The number of anilines is 1. The first kappa shape index (κ1) is 14.4. The van der Waals surface area contributed by atoms with Gasteiger partial charge in [0.15, 0.2) is 5.69 Å². The van der Waals surface area contributed by atoms with Gasteiger partial charge in [0.1, 0.15) is 0 Å². The minimum atomic E-state index is -0.290. The van der Waals surface area contributed by atoms with Gasteiger partial charge in [-0.3, -0.25) is 14.7 Å². The molecule has 1 aromatic rings. The highest BCUT2D eigenvalue weighted by molar-refractivity contribution is 5.97. The second-order valence-corrected chi connectivity index (χ2v) is 5.18. The SMILES string of the molecule is CCCc1[nH]nc(C(=O)N2CCC(C(N)=O)CC2)c1N. The van der Waals surface area contributed by atoms with Crippen LogP contribution in [-0.2, 0) is 11.2 Å². The summed E-state index contributed by atoms with van der Waals surface area (Å²) < 4.78 is 0. The average molecular weight is 279 g/mol. The molecule has 0 atom stereocenters. The van der Waals surface area contributed by atoms with E-state index in [0.717, 1.165) is 18.5 Å². The lowest BCUT2D eigenvalue weighted by atomic mass is 9.96. The lowest BCUT2D eigenvalue weighted by molar-refractivity contribution is -0.123. The number of aromatic amines is 1. The Hall–Kier alpha value is -2.05. The van der Waals surface area contributed by atoms with E-state index in [1.54, 1.807) is 4.90 Å². The van der Waals surface area contributed by atoms with Crippen LogP contribution >= 0.6 is 0 Å². The van der Waals surface area contributed by atoms with Gasteiger partial charge < -0.3 is 16.4 Å². The molecule has 2 amide bonds. The molecule has 7 heteroatoms. The molecule has 0 aliphatic carbocycles. The van der Waals surface area contributed by atoms with Gasteiger partial charge in [0.25, 0.3) is 5.91 Å². The van der Waals surface area contributed by atoms with Crippen LogP contribution in [0.15, 0.2) is 0 Å². The van der Waals surface area contributed by atoms with E-state index in [9.17, 15) is 9.59 Å². The standard InChI is InChI=1S/C13H21N5O2/c1-2-3-9-10(14)11(17-16-9)13(20)18-6-4-8(5-7-18)12(15)19/h8H,2-7,14H2,1H3,(H2,15,19)(H,16,17). The fraction of sp³-hybridized carbons (Fsp3) is 0.615. The number of piperidine rings is 1. The van der Waals surface area contributed by atoms with Crippen LogP contribution in [0.4, 0.5) is 5.69 Å². The molecule has 0 spiro atoms. The first-order valence-electron chi connectivity index (χ1n) is 6.95. The third kappa shape index (κ3) is 2.76. The summed E-state index contributed by atoms with van der Waals surface area (Å²) in [5.74, 6) is -0.600. The molecule has 2 rings (SSSR count). The molecule has 0 bridgehead atoms. The summed E-state index contributed by atoms with van der Waals surface area (Å²) in [7, 11) is 0. The number of primary amides is 1. The number of H-pyrrole nitrogens is 1. The van der Waals surface area contributed by atoms with Crippen molar-refractivity contribution in [3.63, 3.8) is 0 Å². The van der Waals surface area contributed by atoms with Crippen molar-refractivity contribution in [2.24, 2.45) is 11.7 Å². The van der Waals surface area contributed by atoms with Gasteiger partial charge in [0.05, 0.1) is 11.4 Å². The van der Waals surface area contributed by atoms with Crippen molar-refractivity contribution in [2.45, 2.75) is 32.6 Å². The monoisotopic (exact) mass is 279 g/mol. The largest absolute Gasteiger partial charge is 0.395 e. The van der Waals surface area contributed by atoms with Gasteiger partial charge in [-0.15, -0.1) is 0 Å². The normalized spacial score (nSPS) is 16.4. The second kappa shape index (κ2) is 5.94. The Labute approximate surface area is 117 Å². The topological polar surface area (TPSA) is 118 Å². The number of nitrogens with zero attached hydrogens (tertiary/aromatic N) is 2. The molecule has 5 N–H and O–H groups in total. The van der Waals surface area contributed by atoms with E-state index in [0.29, 0.717) is 31.6 Å². The molecular formula is C13H21N5O2. The molecule has 2 heterocycles. The maximum absolute atomic E-state index is 12.4. The number of carbonyl (C=O) groups is 2. The number of aryl methyl sites for hydroxylation is 1. The number of amides is 2. The Kier molecular flexibility index (Phi) is 4.26. The highest BCUT2D eigenvalue weighted by Crippen LogP contribution is 2.22. The van der Waals surface area contributed by atoms with Crippen LogP contribution in [0.3, 0.4) is 0 Å². The molecule has 20 heavy (non-hydrogen) atoms. The van der Waals surface area contributed by atoms with Crippen molar-refractivity contribution in [1.82, 2.24) is 15.1 Å². The van der Waals surface area contributed by atoms with Gasteiger partial charge >= 0.3 is 0 Å². The Morgan fingerprint density at radius 2 is 2.05 bits per heavy atom. The maximum atomic E-state index is 12.4. The summed E-state index contributed by atoms with van der Waals surface area (Å²) in [4.78, 5) is 25.2. The summed E-state index contributed by atoms with van der Waals surface area (Å²) in [6.07, 6.45) is 2.92. The van der Waals surface area contributed by atoms with Gasteiger partial charge in [0, 0.05) is 19.0 Å². The van der Waals surface area contributed by atoms with Gasteiger partial charge in [-0.1, -0.05) is 13.3 Å². The van der Waals surface area contributed by atoms with Crippen molar-refractivity contribution in [1.29, 1.82) is 0 Å². The fourth-order valence-corrected chi connectivity index (χ4v) is 2.51. The Morgan fingerprint density at radius 3 is 2.60 bits per heavy atom. The zero-order chi connectivity index (χ0) is 14.7. The molecule has 7 nitrogen and oxygen atoms in total. The van der Waals surface area contributed by atoms with Crippen molar-refractivity contribution in [3.05, 3.63) is 11.4 Å². The molecule has 0 aromatic carbocycles. The molecule has 0 saturated carbocycles. The van der Waals surface area contributed by atoms with Crippen molar-refractivity contribution < 1.29 is 9.59 Å². The van der Waals surface area contributed by atoms with E-state index < -0.39 is 0 Å². The number of carbonyl (C=O) groups excluding carboxylic acids is 2. The van der Waals surface area contributed by atoms with E-state index in [1.807, 2.05) is 6.92 Å². The number of hydrogen-bond donors (Lipinski definition) is 3. The van der Waals surface area contributed by atoms with Gasteiger partial charge in [-0.25, -0.2) is 0 Å². The van der Waals surface area contributed by atoms with Crippen LogP contribution in [0.5, 0.6) is 0 Å². The number of aromatic nitrogens is 2. The molecule has 1 aliphatic rings. The predicted octanol–water partition coefficient (Wildman–Crippen LogP) is 0.282. The molecular weight excluding hydrogens is 258 g/mol. The third-order valence-electron chi connectivity index (χ3n) is 3.77. The van der Waals surface area contributed by atoms with E-state index in [2.05, 4.69) is 10.2 Å². The number of nitrogen functional groups attached to an aromatic ring is 1. The van der Waals surface area contributed by atoms with E-state index in [1.165, 1.54) is 0 Å². The molecule has 1 aliphatic heterocycles. The zero-order valence-electron chi connectivity index (χ0n) is 11.7. The minimum absolute atomic E-state index is 0.133. The number of nitrogens with two attached hydrogens (primary N) is 2. The lowest BCUT2D eigenvalue weighted by Crippen LogP contribution is -2.42. The second-order valence-electron chi connectivity index (χ2n) is 5.18. The smallest absolute Gasteiger partial charge is 0.276 e. The quantitative estimate of drug-likeness (QED) is 0.733. The highest BCUT2D eigenvalue weighted by atomic mass is 16.2. The molecule has 0 radical (unpaired) electrons. The Balaban J connectivity index is 2.04. The fourth-order valence-electron chi connectivity index (χ4n) is 2.51. The van der Waals surface area contributed by atoms with E-state index in [4.69, 9.17) is 11.5 Å². The summed E-state index contributed by atoms with van der Waals surface area (Å²) in [6.45, 7) is 3.07. The lowest BCUT2D eigenvalue weighted by Gasteiger charge is -2.30. The summed E-state index contributed by atoms with van der Waals surface area (Å²) in [6, 6.07) is 0.